The molecule has 0 aliphatic heterocycles. The predicted octanol–water partition coefficient (Wildman–Crippen LogP) is 4.85. The molecule has 0 aromatic heterocycles. The van der Waals surface area contributed by atoms with Crippen molar-refractivity contribution < 1.29 is 9.53 Å². The van der Waals surface area contributed by atoms with Gasteiger partial charge < -0.3 is 10.1 Å². The summed E-state index contributed by atoms with van der Waals surface area (Å²) in [6, 6.07) is 12.9. The van der Waals surface area contributed by atoms with Crippen LogP contribution >= 0.6 is 23.2 Å². The highest BCUT2D eigenvalue weighted by atomic mass is 35.5. The number of halogens is 2. The van der Waals surface area contributed by atoms with Crippen LogP contribution in [0.1, 0.15) is 35.3 Å². The van der Waals surface area contributed by atoms with Gasteiger partial charge in [0.1, 0.15) is 0 Å². The molecule has 5 heteroatoms. The van der Waals surface area contributed by atoms with Crippen molar-refractivity contribution in [3.63, 3.8) is 0 Å². The Morgan fingerprint density at radius 1 is 1.09 bits per heavy atom. The Bertz CT molecular complexity index is 669. The number of rotatable bonds is 6. The molecule has 0 atom stereocenters. The van der Waals surface area contributed by atoms with Crippen molar-refractivity contribution in [2.24, 2.45) is 0 Å². The van der Waals surface area contributed by atoms with E-state index >= 15 is 0 Å². The van der Waals surface area contributed by atoms with Crippen molar-refractivity contribution in [2.75, 3.05) is 0 Å². The highest BCUT2D eigenvalue weighted by Gasteiger charge is 2.12. The molecule has 0 heterocycles. The summed E-state index contributed by atoms with van der Waals surface area (Å²) >= 11 is 12.0. The zero-order chi connectivity index (χ0) is 16.8. The minimum atomic E-state index is -0.246. The van der Waals surface area contributed by atoms with Gasteiger partial charge in [0, 0.05) is 6.54 Å². The molecule has 0 radical (unpaired) electrons. The van der Waals surface area contributed by atoms with E-state index in [4.69, 9.17) is 27.9 Å². The lowest BCUT2D eigenvalue weighted by atomic mass is 10.1. The van der Waals surface area contributed by atoms with Gasteiger partial charge in [0.05, 0.1) is 28.3 Å². The monoisotopic (exact) mass is 351 g/mol. The van der Waals surface area contributed by atoms with Crippen LogP contribution in [0.4, 0.5) is 0 Å². The van der Waals surface area contributed by atoms with Gasteiger partial charge in [0.2, 0.25) is 0 Å². The molecular formula is C18H19Cl2NO2. The molecule has 0 fully saturated rings. The largest absolute Gasteiger partial charge is 0.374 e. The van der Waals surface area contributed by atoms with E-state index in [-0.39, 0.29) is 17.0 Å². The number of benzene rings is 2. The van der Waals surface area contributed by atoms with Crippen molar-refractivity contribution in [3.8, 4) is 0 Å². The fraction of sp³-hybridized carbons (Fsp3) is 0.278. The lowest BCUT2D eigenvalue weighted by molar-refractivity contribution is 0.0657. The van der Waals surface area contributed by atoms with E-state index in [1.165, 1.54) is 0 Å². The molecule has 0 aliphatic carbocycles. The molecule has 1 N–H and O–H groups in total. The second-order valence-corrected chi connectivity index (χ2v) is 6.25. The minimum Gasteiger partial charge on any atom is -0.374 e. The van der Waals surface area contributed by atoms with Crippen LogP contribution in [0.15, 0.2) is 42.5 Å². The third-order valence-electron chi connectivity index (χ3n) is 3.26. The Hall–Kier alpha value is -1.55. The van der Waals surface area contributed by atoms with E-state index in [2.05, 4.69) is 5.32 Å². The number of ether oxygens (including phenoxy) is 1. The molecule has 0 unspecified atom stereocenters. The van der Waals surface area contributed by atoms with Crippen molar-refractivity contribution in [2.45, 2.75) is 33.1 Å². The normalized spacial score (nSPS) is 10.8. The maximum atomic E-state index is 12.2. The first-order valence-corrected chi connectivity index (χ1v) is 8.14. The van der Waals surface area contributed by atoms with Crippen LogP contribution in [0.3, 0.4) is 0 Å². The Balaban J connectivity index is 1.93. The van der Waals surface area contributed by atoms with Crippen LogP contribution in [-0.4, -0.2) is 12.0 Å². The molecule has 1 amide bonds. The van der Waals surface area contributed by atoms with Crippen LogP contribution < -0.4 is 5.32 Å². The van der Waals surface area contributed by atoms with E-state index < -0.39 is 0 Å². The van der Waals surface area contributed by atoms with Gasteiger partial charge in [-0.15, -0.1) is 0 Å². The number of hydrogen-bond donors (Lipinski definition) is 1. The molecule has 2 rings (SSSR count). The molecular weight excluding hydrogens is 333 g/mol. The SMILES string of the molecule is CC(C)OCc1ccc(CNC(=O)c2cccc(Cl)c2Cl)cc1. The number of carbonyl (C=O) groups excluding carboxylic acids is 1. The minimum absolute atomic E-state index is 0.205. The molecule has 23 heavy (non-hydrogen) atoms. The van der Waals surface area contributed by atoms with Gasteiger partial charge in [-0.2, -0.15) is 0 Å². The summed E-state index contributed by atoms with van der Waals surface area (Å²) in [5.41, 5.74) is 2.48. The van der Waals surface area contributed by atoms with Crippen molar-refractivity contribution in [1.29, 1.82) is 0 Å². The Kier molecular flexibility index (Phi) is 6.46. The van der Waals surface area contributed by atoms with Crippen LogP contribution in [0, 0.1) is 0 Å². The van der Waals surface area contributed by atoms with E-state index in [0.29, 0.717) is 23.7 Å². The predicted molar refractivity (Wildman–Crippen MR) is 94.0 cm³/mol. The molecule has 2 aromatic carbocycles. The number of nitrogens with one attached hydrogen (secondary N) is 1. The Morgan fingerprint density at radius 2 is 1.74 bits per heavy atom. The maximum absolute atomic E-state index is 12.2. The summed E-state index contributed by atoms with van der Waals surface area (Å²) in [5, 5.41) is 3.48. The third-order valence-corrected chi connectivity index (χ3v) is 4.07. The second-order valence-electron chi connectivity index (χ2n) is 5.46. The van der Waals surface area contributed by atoms with Crippen molar-refractivity contribution in [3.05, 3.63) is 69.2 Å². The molecule has 0 saturated heterocycles. The molecule has 0 aliphatic rings. The van der Waals surface area contributed by atoms with Crippen LogP contribution in [-0.2, 0) is 17.9 Å². The van der Waals surface area contributed by atoms with E-state index in [1.807, 2.05) is 38.1 Å². The Morgan fingerprint density at radius 3 is 2.39 bits per heavy atom. The molecule has 0 spiro atoms. The topological polar surface area (TPSA) is 38.3 Å². The molecule has 2 aromatic rings. The lowest BCUT2D eigenvalue weighted by Crippen LogP contribution is -2.23. The smallest absolute Gasteiger partial charge is 0.253 e. The van der Waals surface area contributed by atoms with E-state index in [0.717, 1.165) is 11.1 Å². The van der Waals surface area contributed by atoms with Gasteiger partial charge in [0.15, 0.2) is 0 Å². The van der Waals surface area contributed by atoms with Crippen LogP contribution in [0.2, 0.25) is 10.0 Å². The fourth-order valence-corrected chi connectivity index (χ4v) is 2.36. The lowest BCUT2D eigenvalue weighted by Gasteiger charge is -2.10. The second kappa shape index (κ2) is 8.34. The number of hydrogen-bond acceptors (Lipinski definition) is 2. The van der Waals surface area contributed by atoms with Crippen molar-refractivity contribution >= 4 is 29.1 Å². The Labute approximate surface area is 146 Å². The van der Waals surface area contributed by atoms with Gasteiger partial charge in [-0.1, -0.05) is 53.5 Å². The maximum Gasteiger partial charge on any atom is 0.253 e. The summed E-state index contributed by atoms with van der Waals surface area (Å²) in [4.78, 5) is 12.2. The first-order valence-electron chi connectivity index (χ1n) is 7.39. The summed E-state index contributed by atoms with van der Waals surface area (Å²) < 4.78 is 5.55. The first-order chi connectivity index (χ1) is 11.0. The first kappa shape index (κ1) is 17.8. The zero-order valence-electron chi connectivity index (χ0n) is 13.1. The number of amides is 1. The molecule has 0 bridgehead atoms. The average Bonchev–Trinajstić information content (AvgIpc) is 2.54. The molecule has 0 saturated carbocycles. The third kappa shape index (κ3) is 5.24. The number of carbonyl (C=O) groups is 1. The highest BCUT2D eigenvalue weighted by Crippen LogP contribution is 2.25. The van der Waals surface area contributed by atoms with Gasteiger partial charge in [-0.25, -0.2) is 0 Å². The van der Waals surface area contributed by atoms with E-state index in [9.17, 15) is 4.79 Å². The average molecular weight is 352 g/mol. The van der Waals surface area contributed by atoms with Crippen LogP contribution in [0.25, 0.3) is 0 Å². The van der Waals surface area contributed by atoms with Crippen molar-refractivity contribution in [1.82, 2.24) is 5.32 Å². The van der Waals surface area contributed by atoms with Gasteiger partial charge in [0.25, 0.3) is 5.91 Å². The summed E-state index contributed by atoms with van der Waals surface area (Å²) in [6.07, 6.45) is 0.205. The quantitative estimate of drug-likeness (QED) is 0.807. The standard InChI is InChI=1S/C18H19Cl2NO2/c1-12(2)23-11-14-8-6-13(7-9-14)10-21-18(22)15-4-3-5-16(19)17(15)20/h3-9,12H,10-11H2,1-2H3,(H,21,22). The van der Waals surface area contributed by atoms with Gasteiger partial charge in [-0.05, 0) is 37.1 Å². The fourth-order valence-electron chi connectivity index (χ4n) is 1.97. The molecule has 3 nitrogen and oxygen atoms in total. The zero-order valence-corrected chi connectivity index (χ0v) is 14.6. The van der Waals surface area contributed by atoms with Crippen LogP contribution in [0.5, 0.6) is 0 Å². The van der Waals surface area contributed by atoms with E-state index in [1.54, 1.807) is 18.2 Å². The van der Waals surface area contributed by atoms with Gasteiger partial charge in [-0.3, -0.25) is 4.79 Å². The highest BCUT2D eigenvalue weighted by molar-refractivity contribution is 6.43. The summed E-state index contributed by atoms with van der Waals surface area (Å²) in [5.74, 6) is -0.246. The summed E-state index contributed by atoms with van der Waals surface area (Å²) in [6.45, 7) is 5.02. The molecule has 122 valence electrons. The summed E-state index contributed by atoms with van der Waals surface area (Å²) in [7, 11) is 0. The van der Waals surface area contributed by atoms with Gasteiger partial charge >= 0.3 is 0 Å².